The molecule has 0 amide bonds. The molecule has 2 fully saturated rings. The summed E-state index contributed by atoms with van der Waals surface area (Å²) >= 11 is 0. The highest BCUT2D eigenvalue weighted by atomic mass is 16.5. The molecule has 6 atom stereocenters. The molecule has 0 aromatic carbocycles. The standard InChI is InChI=1S/C24H30O5/c1-14-11-20-18-6-5-16-12-17(26)7-9-22(16,3)19(18)8-10-23(20,4)24(14,28)21(27)13-29-15(2)25/h7-9,12,14,18,20,28H,5-6,10-11,13H2,1-4H3/t14-,18+,20-,22+,23+,24+/m1/s1. The van der Waals surface area contributed by atoms with Crippen LogP contribution in [0.4, 0.5) is 0 Å². The van der Waals surface area contributed by atoms with Crippen molar-refractivity contribution in [2.75, 3.05) is 6.61 Å². The van der Waals surface area contributed by atoms with E-state index in [4.69, 9.17) is 4.74 Å². The molecule has 5 nitrogen and oxygen atoms in total. The van der Waals surface area contributed by atoms with Gasteiger partial charge in [0, 0.05) is 17.8 Å². The lowest BCUT2D eigenvalue weighted by atomic mass is 9.51. The molecule has 0 aromatic rings. The Morgan fingerprint density at radius 3 is 2.72 bits per heavy atom. The number of hydrogen-bond donors (Lipinski definition) is 1. The number of aliphatic hydroxyl groups is 1. The van der Waals surface area contributed by atoms with Crippen molar-refractivity contribution in [3.8, 4) is 0 Å². The monoisotopic (exact) mass is 398 g/mol. The fourth-order valence-corrected chi connectivity index (χ4v) is 6.74. The Kier molecular flexibility index (Phi) is 4.54. The topological polar surface area (TPSA) is 80.7 Å². The van der Waals surface area contributed by atoms with Crippen molar-refractivity contribution in [2.45, 2.75) is 59.0 Å². The molecule has 0 saturated heterocycles. The lowest BCUT2D eigenvalue weighted by molar-refractivity contribution is -0.167. The Morgan fingerprint density at radius 1 is 1.31 bits per heavy atom. The summed E-state index contributed by atoms with van der Waals surface area (Å²) in [6.45, 7) is 7.03. The first-order valence-corrected chi connectivity index (χ1v) is 10.6. The van der Waals surface area contributed by atoms with Crippen molar-refractivity contribution in [3.05, 3.63) is 35.5 Å². The molecule has 1 N–H and O–H groups in total. The third kappa shape index (κ3) is 2.66. The van der Waals surface area contributed by atoms with Crippen LogP contribution in [0.25, 0.3) is 0 Å². The molecule has 2 saturated carbocycles. The van der Waals surface area contributed by atoms with Crippen LogP contribution in [0.5, 0.6) is 0 Å². The molecule has 4 aliphatic carbocycles. The van der Waals surface area contributed by atoms with Gasteiger partial charge in [0.25, 0.3) is 0 Å². The van der Waals surface area contributed by atoms with E-state index in [1.54, 1.807) is 12.2 Å². The van der Waals surface area contributed by atoms with Gasteiger partial charge in [0.1, 0.15) is 5.60 Å². The highest BCUT2D eigenvalue weighted by molar-refractivity contribution is 6.01. The van der Waals surface area contributed by atoms with Gasteiger partial charge in [0.15, 0.2) is 12.4 Å². The summed E-state index contributed by atoms with van der Waals surface area (Å²) in [4.78, 5) is 36.1. The van der Waals surface area contributed by atoms with Gasteiger partial charge in [0.05, 0.1) is 0 Å². The Labute approximate surface area is 171 Å². The van der Waals surface area contributed by atoms with Crippen molar-refractivity contribution in [1.29, 1.82) is 0 Å². The van der Waals surface area contributed by atoms with Gasteiger partial charge in [-0.25, -0.2) is 0 Å². The predicted molar refractivity (Wildman–Crippen MR) is 108 cm³/mol. The van der Waals surface area contributed by atoms with E-state index in [0.717, 1.165) is 19.3 Å². The van der Waals surface area contributed by atoms with E-state index >= 15 is 0 Å². The number of esters is 1. The number of ether oxygens (including phenoxy) is 1. The van der Waals surface area contributed by atoms with Crippen LogP contribution in [-0.4, -0.2) is 34.9 Å². The van der Waals surface area contributed by atoms with Gasteiger partial charge in [-0.1, -0.05) is 37.1 Å². The molecule has 0 radical (unpaired) electrons. The Bertz CT molecular complexity index is 880. The SMILES string of the molecule is CC(=O)OCC(=O)[C@@]1(O)[C@H](C)C[C@@H]2[C@H]3CCC4=CC(=O)C=C[C@]4(C)C3=CC[C@@]21C. The number of rotatable bonds is 3. The summed E-state index contributed by atoms with van der Waals surface area (Å²) in [5, 5.41) is 11.7. The highest BCUT2D eigenvalue weighted by Crippen LogP contribution is 2.66. The van der Waals surface area contributed by atoms with Crippen molar-refractivity contribution in [1.82, 2.24) is 0 Å². The molecule has 0 aliphatic heterocycles. The van der Waals surface area contributed by atoms with E-state index in [1.807, 2.05) is 19.9 Å². The van der Waals surface area contributed by atoms with Crippen molar-refractivity contribution < 1.29 is 24.2 Å². The van der Waals surface area contributed by atoms with Gasteiger partial charge in [-0.05, 0) is 62.5 Å². The molecule has 29 heavy (non-hydrogen) atoms. The first kappa shape index (κ1) is 20.3. The average Bonchev–Trinajstić information content (AvgIpc) is 2.88. The third-order valence-corrected chi connectivity index (χ3v) is 8.36. The smallest absolute Gasteiger partial charge is 0.303 e. The maximum atomic E-state index is 13.0. The molecule has 4 aliphatic rings. The first-order chi connectivity index (χ1) is 13.5. The predicted octanol–water partition coefficient (Wildman–Crippen LogP) is 3.32. The zero-order chi connectivity index (χ0) is 21.2. The number of fused-ring (bicyclic) bond motifs is 5. The van der Waals surface area contributed by atoms with E-state index < -0.39 is 22.8 Å². The molecular formula is C24H30O5. The lowest BCUT2D eigenvalue weighted by Crippen LogP contribution is -2.57. The molecule has 156 valence electrons. The van der Waals surface area contributed by atoms with Gasteiger partial charge in [-0.2, -0.15) is 0 Å². The van der Waals surface area contributed by atoms with Crippen molar-refractivity contribution in [2.24, 2.45) is 28.6 Å². The first-order valence-electron chi connectivity index (χ1n) is 10.6. The number of Topliss-reactive ketones (excluding diaryl/α,β-unsaturated/α-hetero) is 1. The van der Waals surface area contributed by atoms with E-state index in [2.05, 4.69) is 13.0 Å². The Balaban J connectivity index is 1.71. The van der Waals surface area contributed by atoms with Crippen molar-refractivity contribution in [3.63, 3.8) is 0 Å². The van der Waals surface area contributed by atoms with Gasteiger partial charge in [-0.3, -0.25) is 14.4 Å². The minimum atomic E-state index is -1.51. The van der Waals surface area contributed by atoms with Crippen LogP contribution in [0.3, 0.4) is 0 Å². The number of hydrogen-bond acceptors (Lipinski definition) is 5. The fraction of sp³-hybridized carbons (Fsp3) is 0.625. The second-order valence-electron chi connectivity index (χ2n) is 9.75. The molecular weight excluding hydrogens is 368 g/mol. The molecule has 0 unspecified atom stereocenters. The van der Waals surface area contributed by atoms with Gasteiger partial charge >= 0.3 is 5.97 Å². The largest absolute Gasteiger partial charge is 0.458 e. The van der Waals surface area contributed by atoms with E-state index in [1.165, 1.54) is 18.1 Å². The fourth-order valence-electron chi connectivity index (χ4n) is 6.74. The molecule has 0 heterocycles. The summed E-state index contributed by atoms with van der Waals surface area (Å²) in [6.07, 6.45) is 10.8. The number of carbonyl (C=O) groups is 3. The lowest BCUT2D eigenvalue weighted by Gasteiger charge is -2.53. The quantitative estimate of drug-likeness (QED) is 0.583. The molecule has 0 spiro atoms. The maximum Gasteiger partial charge on any atom is 0.303 e. The molecule has 5 heteroatoms. The second kappa shape index (κ2) is 6.49. The van der Waals surface area contributed by atoms with Crippen LogP contribution in [0.15, 0.2) is 35.5 Å². The minimum Gasteiger partial charge on any atom is -0.458 e. The van der Waals surface area contributed by atoms with Crippen molar-refractivity contribution >= 4 is 17.5 Å². The zero-order valence-corrected chi connectivity index (χ0v) is 17.7. The van der Waals surface area contributed by atoms with Crippen LogP contribution >= 0.6 is 0 Å². The average molecular weight is 398 g/mol. The molecule has 0 bridgehead atoms. The number of carbonyl (C=O) groups excluding carboxylic acids is 3. The van der Waals surface area contributed by atoms with Crippen LogP contribution in [0.1, 0.15) is 53.4 Å². The van der Waals surface area contributed by atoms with Gasteiger partial charge < -0.3 is 9.84 Å². The summed E-state index contributed by atoms with van der Waals surface area (Å²) in [5.74, 6) is -0.621. The normalized spacial score (nSPS) is 42.9. The number of ketones is 2. The molecule has 4 rings (SSSR count). The summed E-state index contributed by atoms with van der Waals surface area (Å²) in [6, 6.07) is 0. The summed E-state index contributed by atoms with van der Waals surface area (Å²) < 4.78 is 4.95. The van der Waals surface area contributed by atoms with Gasteiger partial charge in [0.2, 0.25) is 5.78 Å². The Morgan fingerprint density at radius 2 is 2.03 bits per heavy atom. The van der Waals surface area contributed by atoms with E-state index in [-0.39, 0.29) is 35.6 Å². The Hall–Kier alpha value is -2.01. The van der Waals surface area contributed by atoms with Crippen LogP contribution < -0.4 is 0 Å². The highest BCUT2D eigenvalue weighted by Gasteiger charge is 2.67. The summed E-state index contributed by atoms with van der Waals surface area (Å²) in [7, 11) is 0. The third-order valence-electron chi connectivity index (χ3n) is 8.36. The van der Waals surface area contributed by atoms with Crippen LogP contribution in [0.2, 0.25) is 0 Å². The van der Waals surface area contributed by atoms with Crippen LogP contribution in [-0.2, 0) is 19.1 Å². The maximum absolute atomic E-state index is 13.0. The second-order valence-corrected chi connectivity index (χ2v) is 9.75. The van der Waals surface area contributed by atoms with E-state index in [0.29, 0.717) is 6.42 Å². The van der Waals surface area contributed by atoms with Gasteiger partial charge in [-0.15, -0.1) is 0 Å². The number of allylic oxidation sites excluding steroid dienone is 6. The van der Waals surface area contributed by atoms with E-state index in [9.17, 15) is 19.5 Å². The summed E-state index contributed by atoms with van der Waals surface area (Å²) in [5.41, 5.74) is 0.145. The van der Waals surface area contributed by atoms with Crippen LogP contribution in [0, 0.1) is 28.6 Å². The zero-order valence-electron chi connectivity index (χ0n) is 17.7. The molecule has 0 aromatic heterocycles. The minimum absolute atomic E-state index is 0.0529.